The largest absolute Gasteiger partial charge is 0.497 e. The Labute approximate surface area is 145 Å². The van der Waals surface area contributed by atoms with Crippen LogP contribution in [0.15, 0.2) is 48.5 Å². The summed E-state index contributed by atoms with van der Waals surface area (Å²) in [5, 5.41) is 4.25. The lowest BCUT2D eigenvalue weighted by atomic mass is 9.98. The Morgan fingerprint density at radius 1 is 0.958 bits per heavy atom. The van der Waals surface area contributed by atoms with Gasteiger partial charge in [0.1, 0.15) is 17.3 Å². The number of nitrogens with zero attached hydrogens (tertiary/aromatic N) is 2. The minimum atomic E-state index is -0.0810. The molecule has 6 heteroatoms. The first kappa shape index (κ1) is 16.3. The molecule has 3 aromatic rings. The number of anilines is 1. The normalized spacial score (nSPS) is 10.7. The van der Waals surface area contributed by atoms with Crippen LogP contribution in [0.25, 0.3) is 0 Å². The van der Waals surface area contributed by atoms with Crippen molar-refractivity contribution in [3.63, 3.8) is 0 Å². The van der Waals surface area contributed by atoms with Gasteiger partial charge in [-0.05, 0) is 42.3 Å². The van der Waals surface area contributed by atoms with E-state index >= 15 is 0 Å². The lowest BCUT2D eigenvalue weighted by Gasteiger charge is -2.20. The molecule has 0 bridgehead atoms. The molecule has 124 valence electrons. The Hall–Kier alpha value is -2.60. The molecule has 0 fully saturated rings. The van der Waals surface area contributed by atoms with Crippen LogP contribution >= 0.6 is 11.5 Å². The summed E-state index contributed by atoms with van der Waals surface area (Å²) in [6.07, 6.45) is 0. The van der Waals surface area contributed by atoms with E-state index in [-0.39, 0.29) is 6.04 Å². The summed E-state index contributed by atoms with van der Waals surface area (Å²) < 4.78 is 15.0. The highest BCUT2D eigenvalue weighted by Gasteiger charge is 2.17. The van der Waals surface area contributed by atoms with Gasteiger partial charge in [0.05, 0.1) is 20.3 Å². The molecular formula is C18H19N3O2S. The molecule has 0 unspecified atom stereocenters. The van der Waals surface area contributed by atoms with Gasteiger partial charge in [0.25, 0.3) is 0 Å². The number of aromatic nitrogens is 2. The third kappa shape index (κ3) is 3.65. The molecule has 0 amide bonds. The van der Waals surface area contributed by atoms with Crippen LogP contribution in [0.1, 0.15) is 23.0 Å². The summed E-state index contributed by atoms with van der Waals surface area (Å²) in [7, 11) is 3.34. The molecule has 0 aliphatic rings. The fourth-order valence-electron chi connectivity index (χ4n) is 2.48. The monoisotopic (exact) mass is 341 g/mol. The number of benzene rings is 2. The summed E-state index contributed by atoms with van der Waals surface area (Å²) in [6.45, 7) is 1.88. The number of hydrogen-bond acceptors (Lipinski definition) is 6. The molecule has 0 atom stereocenters. The van der Waals surface area contributed by atoms with Crippen LogP contribution in [-0.2, 0) is 0 Å². The Morgan fingerprint density at radius 2 is 1.54 bits per heavy atom. The average molecular weight is 341 g/mol. The number of rotatable bonds is 6. The molecule has 0 aliphatic heterocycles. The number of ether oxygens (including phenoxy) is 2. The lowest BCUT2D eigenvalue weighted by Crippen LogP contribution is -2.12. The van der Waals surface area contributed by atoms with Gasteiger partial charge in [-0.3, -0.25) is 0 Å². The molecular weight excluding hydrogens is 322 g/mol. The third-order valence-corrected chi connectivity index (χ3v) is 4.39. The number of hydrogen-bond donors (Lipinski definition) is 1. The van der Waals surface area contributed by atoms with Crippen LogP contribution in [0.5, 0.6) is 11.5 Å². The van der Waals surface area contributed by atoms with Gasteiger partial charge in [0.2, 0.25) is 5.13 Å². The van der Waals surface area contributed by atoms with Gasteiger partial charge in [-0.25, -0.2) is 4.98 Å². The molecule has 1 heterocycles. The molecule has 0 saturated carbocycles. The van der Waals surface area contributed by atoms with Gasteiger partial charge >= 0.3 is 0 Å². The highest BCUT2D eigenvalue weighted by Crippen LogP contribution is 2.31. The topological polar surface area (TPSA) is 56.3 Å². The minimum Gasteiger partial charge on any atom is -0.497 e. The number of aryl methyl sites for hydroxylation is 1. The van der Waals surface area contributed by atoms with Crippen molar-refractivity contribution in [3.05, 3.63) is 65.5 Å². The van der Waals surface area contributed by atoms with Crippen molar-refractivity contribution in [2.24, 2.45) is 0 Å². The summed E-state index contributed by atoms with van der Waals surface area (Å²) in [5.41, 5.74) is 2.16. The van der Waals surface area contributed by atoms with E-state index in [0.717, 1.165) is 33.6 Å². The second-order valence-electron chi connectivity index (χ2n) is 5.28. The van der Waals surface area contributed by atoms with Crippen molar-refractivity contribution in [3.8, 4) is 11.5 Å². The molecule has 2 aromatic carbocycles. The van der Waals surface area contributed by atoms with Gasteiger partial charge in [-0.1, -0.05) is 24.3 Å². The molecule has 1 aromatic heterocycles. The second kappa shape index (κ2) is 7.31. The molecule has 5 nitrogen and oxygen atoms in total. The highest BCUT2D eigenvalue weighted by molar-refractivity contribution is 7.09. The quantitative estimate of drug-likeness (QED) is 0.732. The Kier molecular flexibility index (Phi) is 4.96. The van der Waals surface area contributed by atoms with Crippen LogP contribution in [0, 0.1) is 6.92 Å². The zero-order valence-corrected chi connectivity index (χ0v) is 14.6. The summed E-state index contributed by atoms with van der Waals surface area (Å²) in [4.78, 5) is 4.42. The molecule has 0 radical (unpaired) electrons. The molecule has 24 heavy (non-hydrogen) atoms. The van der Waals surface area contributed by atoms with Crippen LogP contribution in [0.4, 0.5) is 5.13 Å². The van der Waals surface area contributed by atoms with Crippen molar-refractivity contribution in [2.45, 2.75) is 13.0 Å². The molecule has 1 N–H and O–H groups in total. The fourth-order valence-corrected chi connectivity index (χ4v) is 3.08. The van der Waals surface area contributed by atoms with Crippen molar-refractivity contribution in [2.75, 3.05) is 19.5 Å². The Balaban J connectivity index is 2.01. The maximum Gasteiger partial charge on any atom is 0.203 e. The van der Waals surface area contributed by atoms with Gasteiger partial charge in [-0.2, -0.15) is 4.37 Å². The third-order valence-electron chi connectivity index (χ3n) is 3.65. The van der Waals surface area contributed by atoms with Gasteiger partial charge < -0.3 is 14.8 Å². The summed E-state index contributed by atoms with van der Waals surface area (Å²) in [5.74, 6) is 2.39. The smallest absolute Gasteiger partial charge is 0.203 e. The van der Waals surface area contributed by atoms with E-state index in [1.54, 1.807) is 14.2 Å². The van der Waals surface area contributed by atoms with Gasteiger partial charge in [-0.15, -0.1) is 0 Å². The van der Waals surface area contributed by atoms with Crippen molar-refractivity contribution in [1.29, 1.82) is 0 Å². The summed E-state index contributed by atoms with van der Waals surface area (Å²) in [6, 6.07) is 15.9. The van der Waals surface area contributed by atoms with Crippen molar-refractivity contribution in [1.82, 2.24) is 9.36 Å². The van der Waals surface area contributed by atoms with E-state index in [1.807, 2.05) is 43.3 Å². The standard InChI is InChI=1S/C18H19N3O2S/c1-12-19-18(24-21-12)20-17(13-6-4-8-15(10-13)22-2)14-7-5-9-16(11-14)23-3/h4-11,17H,1-3H3,(H,19,20,21). The van der Waals surface area contributed by atoms with Crippen LogP contribution in [0.2, 0.25) is 0 Å². The van der Waals surface area contributed by atoms with Crippen LogP contribution < -0.4 is 14.8 Å². The van der Waals surface area contributed by atoms with E-state index in [9.17, 15) is 0 Å². The van der Waals surface area contributed by atoms with E-state index in [4.69, 9.17) is 9.47 Å². The van der Waals surface area contributed by atoms with E-state index in [1.165, 1.54) is 11.5 Å². The zero-order chi connectivity index (χ0) is 16.9. The Morgan fingerprint density at radius 3 is 2.00 bits per heavy atom. The maximum atomic E-state index is 5.36. The molecule has 0 aliphatic carbocycles. The molecule has 0 spiro atoms. The molecule has 0 saturated heterocycles. The SMILES string of the molecule is COc1cccc(C(Nc2nc(C)ns2)c2cccc(OC)c2)c1. The maximum absolute atomic E-state index is 5.36. The average Bonchev–Trinajstić information content (AvgIpc) is 3.04. The first-order valence-electron chi connectivity index (χ1n) is 7.54. The second-order valence-corrected chi connectivity index (χ2v) is 6.03. The zero-order valence-electron chi connectivity index (χ0n) is 13.8. The van der Waals surface area contributed by atoms with Crippen molar-refractivity contribution < 1.29 is 9.47 Å². The number of methoxy groups -OCH3 is 2. The van der Waals surface area contributed by atoms with E-state index in [0.29, 0.717) is 0 Å². The van der Waals surface area contributed by atoms with Gasteiger partial charge in [0, 0.05) is 11.5 Å². The predicted octanol–water partition coefficient (Wildman–Crippen LogP) is 4.07. The predicted molar refractivity (Wildman–Crippen MR) is 96.1 cm³/mol. The fraction of sp³-hybridized carbons (Fsp3) is 0.222. The molecule has 3 rings (SSSR count). The van der Waals surface area contributed by atoms with E-state index < -0.39 is 0 Å². The minimum absolute atomic E-state index is 0.0810. The van der Waals surface area contributed by atoms with Crippen LogP contribution in [0.3, 0.4) is 0 Å². The Bertz CT molecular complexity index is 772. The first-order valence-corrected chi connectivity index (χ1v) is 8.31. The number of nitrogens with one attached hydrogen (secondary N) is 1. The van der Waals surface area contributed by atoms with Crippen molar-refractivity contribution >= 4 is 16.7 Å². The summed E-state index contributed by atoms with van der Waals surface area (Å²) >= 11 is 1.35. The lowest BCUT2D eigenvalue weighted by molar-refractivity contribution is 0.413. The highest BCUT2D eigenvalue weighted by atomic mass is 32.1. The first-order chi connectivity index (χ1) is 11.7. The van der Waals surface area contributed by atoms with E-state index in [2.05, 4.69) is 26.8 Å². The van der Waals surface area contributed by atoms with Crippen LogP contribution in [-0.4, -0.2) is 23.6 Å². The van der Waals surface area contributed by atoms with Gasteiger partial charge in [0.15, 0.2) is 0 Å².